The first-order valence-electron chi connectivity index (χ1n) is 8.38. The van der Waals surface area contributed by atoms with Gasteiger partial charge in [-0.2, -0.15) is 4.98 Å². The van der Waals surface area contributed by atoms with Crippen LogP contribution < -0.4 is 11.2 Å². The van der Waals surface area contributed by atoms with Crippen molar-refractivity contribution in [3.8, 4) is 11.3 Å². The number of aliphatic hydroxyl groups is 1. The summed E-state index contributed by atoms with van der Waals surface area (Å²) >= 11 is 0. The monoisotopic (exact) mass is 384 g/mol. The second-order valence-electron chi connectivity index (χ2n) is 6.36. The molecule has 11 heteroatoms. The molecule has 0 unspecified atom stereocenters. The number of fused-ring (bicyclic) bond motifs is 3. The molecule has 0 saturated carbocycles. The molecule has 4 rings (SSSR count). The quantitative estimate of drug-likeness (QED) is 0.397. The maximum absolute atomic E-state index is 12.7. The lowest BCUT2D eigenvalue weighted by molar-refractivity contribution is -0.384. The Morgan fingerprint density at radius 3 is 2.64 bits per heavy atom. The first kappa shape index (κ1) is 17.7. The number of nitro benzene ring substituents is 1. The number of aliphatic hydroxyl groups excluding tert-OH is 1. The van der Waals surface area contributed by atoms with Crippen LogP contribution in [-0.2, 0) is 20.6 Å². The first-order chi connectivity index (χ1) is 13.3. The highest BCUT2D eigenvalue weighted by molar-refractivity contribution is 5.78. The van der Waals surface area contributed by atoms with E-state index in [1.807, 2.05) is 0 Å². The molecule has 0 bridgehead atoms. The Kier molecular flexibility index (Phi) is 3.89. The lowest BCUT2D eigenvalue weighted by atomic mass is 10.1. The van der Waals surface area contributed by atoms with E-state index in [1.165, 1.54) is 30.8 Å². The summed E-state index contributed by atoms with van der Waals surface area (Å²) in [6.45, 7) is -0.0431. The summed E-state index contributed by atoms with van der Waals surface area (Å²) < 4.78 is 5.47. The lowest BCUT2D eigenvalue weighted by Crippen LogP contribution is -2.37. The molecule has 144 valence electrons. The van der Waals surface area contributed by atoms with Crippen LogP contribution in [0.1, 0.15) is 0 Å². The Morgan fingerprint density at radius 1 is 1.21 bits per heavy atom. The number of imidazole rings is 2. The third kappa shape index (κ3) is 2.36. The van der Waals surface area contributed by atoms with Gasteiger partial charge in [0.05, 0.1) is 17.2 Å². The summed E-state index contributed by atoms with van der Waals surface area (Å²) in [5.41, 5.74) is 0.461. The van der Waals surface area contributed by atoms with E-state index >= 15 is 0 Å². The van der Waals surface area contributed by atoms with Crippen molar-refractivity contribution in [1.29, 1.82) is 0 Å². The minimum Gasteiger partial charge on any atom is -0.395 e. The van der Waals surface area contributed by atoms with Crippen LogP contribution >= 0.6 is 0 Å². The van der Waals surface area contributed by atoms with E-state index in [0.717, 1.165) is 4.57 Å². The molecular formula is C17H16N6O5. The van der Waals surface area contributed by atoms with Gasteiger partial charge in [-0.3, -0.25) is 28.4 Å². The van der Waals surface area contributed by atoms with Crippen molar-refractivity contribution >= 4 is 22.6 Å². The Bertz CT molecular complexity index is 1370. The predicted molar refractivity (Wildman–Crippen MR) is 100 cm³/mol. The first-order valence-corrected chi connectivity index (χ1v) is 8.38. The molecule has 0 saturated heterocycles. The van der Waals surface area contributed by atoms with E-state index in [4.69, 9.17) is 0 Å². The zero-order valence-electron chi connectivity index (χ0n) is 15.1. The third-order valence-electron chi connectivity index (χ3n) is 4.73. The van der Waals surface area contributed by atoms with Gasteiger partial charge < -0.3 is 9.67 Å². The maximum Gasteiger partial charge on any atom is 0.332 e. The molecule has 0 spiro atoms. The van der Waals surface area contributed by atoms with E-state index in [9.17, 15) is 24.8 Å². The Morgan fingerprint density at radius 2 is 1.96 bits per heavy atom. The summed E-state index contributed by atoms with van der Waals surface area (Å²) in [7, 11) is 2.91. The fraction of sp³-hybridized carbons (Fsp3) is 0.235. The zero-order chi connectivity index (χ0) is 20.2. The molecule has 1 aromatic carbocycles. The summed E-state index contributed by atoms with van der Waals surface area (Å²) in [4.78, 5) is 39.9. The van der Waals surface area contributed by atoms with Crippen LogP contribution in [0.25, 0.3) is 28.2 Å². The molecule has 0 aliphatic heterocycles. The van der Waals surface area contributed by atoms with Gasteiger partial charge in [0.25, 0.3) is 11.2 Å². The fourth-order valence-corrected chi connectivity index (χ4v) is 3.35. The highest BCUT2D eigenvalue weighted by Crippen LogP contribution is 2.27. The van der Waals surface area contributed by atoms with Crippen LogP contribution in [0.3, 0.4) is 0 Å². The number of hydrogen-bond acceptors (Lipinski definition) is 6. The molecule has 0 aliphatic carbocycles. The van der Waals surface area contributed by atoms with E-state index in [2.05, 4.69) is 4.98 Å². The number of aromatic nitrogens is 5. The van der Waals surface area contributed by atoms with Crippen molar-refractivity contribution in [1.82, 2.24) is 23.1 Å². The number of benzene rings is 1. The molecule has 0 amide bonds. The summed E-state index contributed by atoms with van der Waals surface area (Å²) in [5.74, 6) is 0.351. The van der Waals surface area contributed by atoms with E-state index in [-0.39, 0.29) is 30.0 Å². The molecule has 28 heavy (non-hydrogen) atoms. The normalized spacial score (nSPS) is 11.5. The number of rotatable bonds is 4. The fourth-order valence-electron chi connectivity index (χ4n) is 3.35. The van der Waals surface area contributed by atoms with Crippen LogP contribution in [-0.4, -0.2) is 39.7 Å². The molecule has 3 aromatic heterocycles. The van der Waals surface area contributed by atoms with Gasteiger partial charge in [-0.15, -0.1) is 0 Å². The second kappa shape index (κ2) is 6.16. The van der Waals surface area contributed by atoms with Gasteiger partial charge in [0.15, 0.2) is 11.2 Å². The minimum absolute atomic E-state index is 0.0740. The van der Waals surface area contributed by atoms with Gasteiger partial charge in [-0.05, 0) is 0 Å². The zero-order valence-corrected chi connectivity index (χ0v) is 15.1. The highest BCUT2D eigenvalue weighted by Gasteiger charge is 2.21. The van der Waals surface area contributed by atoms with Crippen molar-refractivity contribution in [2.75, 3.05) is 6.61 Å². The number of non-ortho nitro benzene ring substituents is 1. The van der Waals surface area contributed by atoms with E-state index in [0.29, 0.717) is 17.0 Å². The van der Waals surface area contributed by atoms with Crippen molar-refractivity contribution in [2.24, 2.45) is 14.1 Å². The molecule has 0 radical (unpaired) electrons. The maximum atomic E-state index is 12.7. The van der Waals surface area contributed by atoms with Crippen LogP contribution in [0.4, 0.5) is 5.69 Å². The molecule has 11 nitrogen and oxygen atoms in total. The van der Waals surface area contributed by atoms with Crippen molar-refractivity contribution in [2.45, 2.75) is 6.54 Å². The summed E-state index contributed by atoms with van der Waals surface area (Å²) in [6, 6.07) is 6.06. The average Bonchev–Trinajstić information content (AvgIpc) is 3.22. The van der Waals surface area contributed by atoms with Crippen LogP contribution in [0, 0.1) is 10.1 Å². The van der Waals surface area contributed by atoms with Crippen molar-refractivity contribution < 1.29 is 10.0 Å². The van der Waals surface area contributed by atoms with Gasteiger partial charge >= 0.3 is 5.69 Å². The van der Waals surface area contributed by atoms with Crippen molar-refractivity contribution in [3.63, 3.8) is 0 Å². The van der Waals surface area contributed by atoms with E-state index in [1.54, 1.807) is 27.3 Å². The largest absolute Gasteiger partial charge is 0.395 e. The third-order valence-corrected chi connectivity index (χ3v) is 4.73. The molecule has 0 atom stereocenters. The molecule has 4 aromatic rings. The number of hydrogen-bond donors (Lipinski definition) is 1. The minimum atomic E-state index is -0.502. The predicted octanol–water partition coefficient (Wildman–Crippen LogP) is 0.254. The smallest absolute Gasteiger partial charge is 0.332 e. The van der Waals surface area contributed by atoms with Gasteiger partial charge in [0.1, 0.15) is 0 Å². The lowest BCUT2D eigenvalue weighted by Gasteiger charge is -2.07. The van der Waals surface area contributed by atoms with Crippen LogP contribution in [0.5, 0.6) is 0 Å². The van der Waals surface area contributed by atoms with Gasteiger partial charge in [-0.1, -0.05) is 12.1 Å². The Hall–Kier alpha value is -3.73. The van der Waals surface area contributed by atoms with Gasteiger partial charge in [-0.25, -0.2) is 4.79 Å². The molecule has 0 aliphatic rings. The molecule has 3 heterocycles. The second-order valence-corrected chi connectivity index (χ2v) is 6.36. The average molecular weight is 384 g/mol. The highest BCUT2D eigenvalue weighted by atomic mass is 16.6. The van der Waals surface area contributed by atoms with Crippen molar-refractivity contribution in [3.05, 3.63) is 61.4 Å². The molecule has 1 N–H and O–H groups in total. The number of nitro groups is 1. The molecule has 0 fully saturated rings. The summed E-state index contributed by atoms with van der Waals surface area (Å²) in [6.07, 6.45) is 1.63. The van der Waals surface area contributed by atoms with E-state index < -0.39 is 16.2 Å². The Balaban J connectivity index is 2.11. The molecular weight excluding hydrogens is 368 g/mol. The number of nitrogens with zero attached hydrogens (tertiary/aromatic N) is 6. The SMILES string of the molecule is Cn1c(=O)c2c(nc3n(CCO)c(-c4cccc([N+](=O)[O-])c4)cn23)n(C)c1=O. The standard InChI is InChI=1S/C17H16N6O5/c1-19-14-13(15(25)20(2)17(19)26)22-9-12(21(6-7-24)16(22)18-14)10-4-3-5-11(8-10)23(27)28/h3-5,8-9,24H,6-7H2,1-2H3. The topological polar surface area (TPSA) is 130 Å². The van der Waals surface area contributed by atoms with Gasteiger partial charge in [0.2, 0.25) is 5.78 Å². The Labute approximate surface area is 156 Å². The summed E-state index contributed by atoms with van der Waals surface area (Å²) in [5, 5.41) is 20.6. The van der Waals surface area contributed by atoms with Crippen LogP contribution in [0.15, 0.2) is 40.1 Å². The van der Waals surface area contributed by atoms with Gasteiger partial charge in [0, 0.05) is 44.5 Å². The number of aryl methyl sites for hydroxylation is 1. The van der Waals surface area contributed by atoms with Crippen LogP contribution in [0.2, 0.25) is 0 Å².